The van der Waals surface area contributed by atoms with Crippen LogP contribution in [0.1, 0.15) is 32.6 Å². The van der Waals surface area contributed by atoms with Gasteiger partial charge in [0.1, 0.15) is 5.54 Å². The van der Waals surface area contributed by atoms with Gasteiger partial charge in [0.25, 0.3) is 0 Å². The third-order valence-electron chi connectivity index (χ3n) is 4.06. The summed E-state index contributed by atoms with van der Waals surface area (Å²) < 4.78 is 6.25. The molecule has 1 aromatic carbocycles. The van der Waals surface area contributed by atoms with Crippen LogP contribution >= 0.6 is 27.7 Å². The molecular formula is C16H22BrNO2S. The number of nitrogens with two attached hydrogens (primary N) is 1. The van der Waals surface area contributed by atoms with Crippen LogP contribution in [0.2, 0.25) is 0 Å². The number of hydrogen-bond donors (Lipinski definition) is 1. The summed E-state index contributed by atoms with van der Waals surface area (Å²) in [5.41, 5.74) is 5.58. The third kappa shape index (κ3) is 4.24. The number of ether oxygens (including phenoxy) is 1. The zero-order valence-corrected chi connectivity index (χ0v) is 14.7. The van der Waals surface area contributed by atoms with Gasteiger partial charge in [-0.2, -0.15) is 0 Å². The highest BCUT2D eigenvalue weighted by Crippen LogP contribution is 2.38. The van der Waals surface area contributed by atoms with E-state index in [-0.39, 0.29) is 11.9 Å². The van der Waals surface area contributed by atoms with E-state index < -0.39 is 5.54 Å². The van der Waals surface area contributed by atoms with Crippen molar-refractivity contribution >= 4 is 33.7 Å². The molecular weight excluding hydrogens is 350 g/mol. The number of carbonyl (C=O) groups excluding carboxylic acids is 1. The van der Waals surface area contributed by atoms with Crippen LogP contribution < -0.4 is 5.73 Å². The SMILES string of the molecule is CCOC(=O)C1(N)CCCC1CCSc1cccc(Br)c1. The maximum Gasteiger partial charge on any atom is 0.326 e. The Bertz CT molecular complexity index is 497. The summed E-state index contributed by atoms with van der Waals surface area (Å²) in [7, 11) is 0. The van der Waals surface area contributed by atoms with E-state index in [0.717, 1.165) is 35.9 Å². The first-order chi connectivity index (χ1) is 10.1. The molecule has 1 aliphatic rings. The van der Waals surface area contributed by atoms with Crippen molar-refractivity contribution in [3.05, 3.63) is 28.7 Å². The Morgan fingerprint density at radius 2 is 2.38 bits per heavy atom. The third-order valence-corrected chi connectivity index (χ3v) is 5.58. The summed E-state index contributed by atoms with van der Waals surface area (Å²) in [6, 6.07) is 8.27. The molecule has 1 saturated carbocycles. The summed E-state index contributed by atoms with van der Waals surface area (Å²) >= 11 is 5.29. The molecule has 2 unspecified atom stereocenters. The second-order valence-corrected chi connectivity index (χ2v) is 7.53. The number of rotatable bonds is 6. The normalized spacial score (nSPS) is 25.0. The second kappa shape index (κ2) is 7.65. The molecule has 2 atom stereocenters. The standard InChI is InChI=1S/C16H22BrNO2S/c1-2-20-15(19)16(18)9-4-5-12(16)8-10-21-14-7-3-6-13(17)11-14/h3,6-7,11-12H,2,4-5,8-10,18H2,1H3. The number of carbonyl (C=O) groups is 1. The van der Waals surface area contributed by atoms with Crippen molar-refractivity contribution in [3.8, 4) is 0 Å². The molecule has 0 saturated heterocycles. The highest BCUT2D eigenvalue weighted by Gasteiger charge is 2.46. The van der Waals surface area contributed by atoms with E-state index in [2.05, 4.69) is 28.1 Å². The van der Waals surface area contributed by atoms with Gasteiger partial charge >= 0.3 is 5.97 Å². The predicted octanol–water partition coefficient (Wildman–Crippen LogP) is 3.99. The summed E-state index contributed by atoms with van der Waals surface area (Å²) in [5, 5.41) is 0. The topological polar surface area (TPSA) is 52.3 Å². The first-order valence-electron chi connectivity index (χ1n) is 7.40. The second-order valence-electron chi connectivity index (χ2n) is 5.44. The van der Waals surface area contributed by atoms with Gasteiger partial charge in [-0.15, -0.1) is 11.8 Å². The van der Waals surface area contributed by atoms with Crippen LogP contribution in [0.5, 0.6) is 0 Å². The number of esters is 1. The molecule has 1 aromatic rings. The fourth-order valence-electron chi connectivity index (χ4n) is 2.91. The fourth-order valence-corrected chi connectivity index (χ4v) is 4.49. The van der Waals surface area contributed by atoms with E-state index in [0.29, 0.717) is 6.61 Å². The number of halogens is 1. The van der Waals surface area contributed by atoms with Crippen LogP contribution in [0.25, 0.3) is 0 Å². The molecule has 0 amide bonds. The first kappa shape index (κ1) is 16.8. The Morgan fingerprint density at radius 3 is 3.10 bits per heavy atom. The van der Waals surface area contributed by atoms with Gasteiger partial charge in [-0.25, -0.2) is 0 Å². The van der Waals surface area contributed by atoms with Crippen molar-refractivity contribution in [2.45, 2.75) is 43.0 Å². The van der Waals surface area contributed by atoms with Crippen LogP contribution in [0, 0.1) is 5.92 Å². The van der Waals surface area contributed by atoms with Crippen LogP contribution in [0.3, 0.4) is 0 Å². The van der Waals surface area contributed by atoms with Crippen LogP contribution in [-0.2, 0) is 9.53 Å². The van der Waals surface area contributed by atoms with Crippen LogP contribution in [0.4, 0.5) is 0 Å². The molecule has 21 heavy (non-hydrogen) atoms. The molecule has 1 fully saturated rings. The van der Waals surface area contributed by atoms with E-state index >= 15 is 0 Å². The Hall–Kier alpha value is -0.520. The molecule has 3 nitrogen and oxygen atoms in total. The van der Waals surface area contributed by atoms with E-state index in [1.54, 1.807) is 0 Å². The molecule has 0 radical (unpaired) electrons. The lowest BCUT2D eigenvalue weighted by atomic mass is 9.86. The van der Waals surface area contributed by atoms with Crippen molar-refractivity contribution in [1.29, 1.82) is 0 Å². The molecule has 2 rings (SSSR count). The van der Waals surface area contributed by atoms with Gasteiger partial charge in [-0.05, 0) is 56.1 Å². The van der Waals surface area contributed by atoms with Crippen molar-refractivity contribution < 1.29 is 9.53 Å². The lowest BCUT2D eigenvalue weighted by Gasteiger charge is -2.28. The van der Waals surface area contributed by atoms with E-state index in [9.17, 15) is 4.79 Å². The Balaban J connectivity index is 1.88. The minimum Gasteiger partial charge on any atom is -0.465 e. The molecule has 0 aromatic heterocycles. The van der Waals surface area contributed by atoms with Gasteiger partial charge < -0.3 is 10.5 Å². The van der Waals surface area contributed by atoms with Gasteiger partial charge in [0.15, 0.2) is 0 Å². The van der Waals surface area contributed by atoms with Crippen LogP contribution in [0.15, 0.2) is 33.6 Å². The maximum absolute atomic E-state index is 12.1. The smallest absolute Gasteiger partial charge is 0.326 e. The quantitative estimate of drug-likeness (QED) is 0.606. The van der Waals surface area contributed by atoms with Gasteiger partial charge in [0.2, 0.25) is 0 Å². The number of hydrogen-bond acceptors (Lipinski definition) is 4. The molecule has 1 aliphatic carbocycles. The molecule has 0 heterocycles. The average Bonchev–Trinajstić information content (AvgIpc) is 2.82. The minimum absolute atomic E-state index is 0.222. The predicted molar refractivity (Wildman–Crippen MR) is 90.4 cm³/mol. The van der Waals surface area contributed by atoms with Crippen molar-refractivity contribution in [1.82, 2.24) is 0 Å². The monoisotopic (exact) mass is 371 g/mol. The van der Waals surface area contributed by atoms with Crippen molar-refractivity contribution in [3.63, 3.8) is 0 Å². The molecule has 0 aliphatic heterocycles. The summed E-state index contributed by atoms with van der Waals surface area (Å²) in [5.74, 6) is 0.982. The number of benzene rings is 1. The zero-order valence-electron chi connectivity index (χ0n) is 12.3. The van der Waals surface area contributed by atoms with Crippen molar-refractivity contribution in [2.24, 2.45) is 11.7 Å². The Labute approximate surface area is 139 Å². The number of thioether (sulfide) groups is 1. The summed E-state index contributed by atoms with van der Waals surface area (Å²) in [6.07, 6.45) is 3.74. The van der Waals surface area contributed by atoms with Gasteiger partial charge in [-0.1, -0.05) is 28.4 Å². The zero-order chi connectivity index (χ0) is 15.3. The largest absolute Gasteiger partial charge is 0.465 e. The highest BCUT2D eigenvalue weighted by atomic mass is 79.9. The van der Waals surface area contributed by atoms with E-state index in [1.807, 2.05) is 30.8 Å². The van der Waals surface area contributed by atoms with Crippen LogP contribution in [-0.4, -0.2) is 23.9 Å². The summed E-state index contributed by atoms with van der Waals surface area (Å²) in [6.45, 7) is 2.23. The van der Waals surface area contributed by atoms with Crippen molar-refractivity contribution in [2.75, 3.05) is 12.4 Å². The summed E-state index contributed by atoms with van der Waals surface area (Å²) in [4.78, 5) is 13.3. The van der Waals surface area contributed by atoms with E-state index in [4.69, 9.17) is 10.5 Å². The fraction of sp³-hybridized carbons (Fsp3) is 0.562. The Morgan fingerprint density at radius 1 is 1.57 bits per heavy atom. The molecule has 0 bridgehead atoms. The van der Waals surface area contributed by atoms with Gasteiger partial charge in [0, 0.05) is 9.37 Å². The lowest BCUT2D eigenvalue weighted by molar-refractivity contribution is -0.151. The molecule has 5 heteroatoms. The Kier molecular flexibility index (Phi) is 6.14. The minimum atomic E-state index is -0.770. The maximum atomic E-state index is 12.1. The first-order valence-corrected chi connectivity index (χ1v) is 9.18. The van der Waals surface area contributed by atoms with Gasteiger partial charge in [0.05, 0.1) is 6.61 Å². The molecule has 116 valence electrons. The molecule has 2 N–H and O–H groups in total. The van der Waals surface area contributed by atoms with Gasteiger partial charge in [-0.3, -0.25) is 4.79 Å². The average molecular weight is 372 g/mol. The molecule has 0 spiro atoms. The highest BCUT2D eigenvalue weighted by molar-refractivity contribution is 9.10. The lowest BCUT2D eigenvalue weighted by Crippen LogP contribution is -2.52. The van der Waals surface area contributed by atoms with E-state index in [1.165, 1.54) is 4.90 Å².